The molecule has 2 unspecified atom stereocenters. The molecular formula is C16H16F2N2S. The van der Waals surface area contributed by atoms with Crippen LogP contribution < -0.4 is 11.1 Å². The maximum absolute atomic E-state index is 12.6. The standard InChI is InChI=1S/C16H16F2N2S/c17-16(18)21-15-8-4-3-7-13(15)20-14-9-12(19)10-5-1-2-6-11(10)14/h1-8,12,14,16,20H,9,19H2. The first-order valence-electron chi connectivity index (χ1n) is 6.80. The van der Waals surface area contributed by atoms with Gasteiger partial charge in [0.25, 0.3) is 5.76 Å². The lowest BCUT2D eigenvalue weighted by molar-refractivity contribution is 0.252. The fourth-order valence-corrected chi connectivity index (χ4v) is 3.39. The number of rotatable bonds is 4. The van der Waals surface area contributed by atoms with Crippen molar-refractivity contribution in [2.45, 2.75) is 29.2 Å². The third-order valence-corrected chi connectivity index (χ3v) is 4.48. The highest BCUT2D eigenvalue weighted by molar-refractivity contribution is 7.99. The van der Waals surface area contributed by atoms with Crippen molar-refractivity contribution in [2.75, 3.05) is 5.32 Å². The number of thioether (sulfide) groups is 1. The molecule has 21 heavy (non-hydrogen) atoms. The van der Waals surface area contributed by atoms with E-state index in [-0.39, 0.29) is 12.1 Å². The molecule has 0 aromatic heterocycles. The second kappa shape index (κ2) is 6.03. The number of alkyl halides is 2. The van der Waals surface area contributed by atoms with Crippen molar-refractivity contribution in [1.29, 1.82) is 0 Å². The summed E-state index contributed by atoms with van der Waals surface area (Å²) in [4.78, 5) is 0.561. The van der Waals surface area contributed by atoms with Crippen LogP contribution in [0.4, 0.5) is 14.5 Å². The van der Waals surface area contributed by atoms with Crippen LogP contribution in [0.1, 0.15) is 29.6 Å². The van der Waals surface area contributed by atoms with Crippen LogP contribution >= 0.6 is 11.8 Å². The van der Waals surface area contributed by atoms with Crippen molar-refractivity contribution in [1.82, 2.24) is 0 Å². The third-order valence-electron chi connectivity index (χ3n) is 3.69. The van der Waals surface area contributed by atoms with Crippen LogP contribution in [0.2, 0.25) is 0 Å². The van der Waals surface area contributed by atoms with Crippen molar-refractivity contribution >= 4 is 17.4 Å². The SMILES string of the molecule is NC1CC(Nc2ccccc2SC(F)F)c2ccccc21. The quantitative estimate of drug-likeness (QED) is 0.813. The number of nitrogens with two attached hydrogens (primary N) is 1. The molecule has 2 aromatic rings. The van der Waals surface area contributed by atoms with E-state index in [1.165, 1.54) is 0 Å². The molecule has 2 nitrogen and oxygen atoms in total. The van der Waals surface area contributed by atoms with Crippen LogP contribution in [0.3, 0.4) is 0 Å². The predicted molar refractivity (Wildman–Crippen MR) is 82.7 cm³/mol. The fourth-order valence-electron chi connectivity index (χ4n) is 2.78. The Labute approximate surface area is 126 Å². The van der Waals surface area contributed by atoms with E-state index in [2.05, 4.69) is 5.32 Å². The second-order valence-corrected chi connectivity index (χ2v) is 6.07. The number of benzene rings is 2. The van der Waals surface area contributed by atoms with E-state index >= 15 is 0 Å². The minimum Gasteiger partial charge on any atom is -0.377 e. The molecule has 2 atom stereocenters. The van der Waals surface area contributed by atoms with Gasteiger partial charge in [-0.25, -0.2) is 0 Å². The van der Waals surface area contributed by atoms with Crippen molar-refractivity contribution in [3.8, 4) is 0 Å². The molecule has 3 rings (SSSR count). The Hall–Kier alpha value is -1.59. The summed E-state index contributed by atoms with van der Waals surface area (Å²) in [5.41, 5.74) is 9.16. The van der Waals surface area contributed by atoms with E-state index in [0.29, 0.717) is 16.7 Å². The fraction of sp³-hybridized carbons (Fsp3) is 0.250. The van der Waals surface area contributed by atoms with Crippen molar-refractivity contribution in [3.05, 3.63) is 59.7 Å². The molecule has 0 aliphatic heterocycles. The molecule has 5 heteroatoms. The number of anilines is 1. The normalized spacial score (nSPS) is 20.6. The summed E-state index contributed by atoms with van der Waals surface area (Å²) in [6, 6.07) is 15.2. The van der Waals surface area contributed by atoms with E-state index in [1.807, 2.05) is 36.4 Å². The van der Waals surface area contributed by atoms with E-state index in [4.69, 9.17) is 5.73 Å². The topological polar surface area (TPSA) is 38.0 Å². The molecule has 2 aromatic carbocycles. The minimum absolute atomic E-state index is 0.00591. The smallest absolute Gasteiger partial charge is 0.288 e. The van der Waals surface area contributed by atoms with Crippen molar-refractivity contribution in [3.63, 3.8) is 0 Å². The number of hydrogen-bond acceptors (Lipinski definition) is 3. The lowest BCUT2D eigenvalue weighted by Crippen LogP contribution is -2.10. The highest BCUT2D eigenvalue weighted by atomic mass is 32.2. The Morgan fingerprint density at radius 1 is 1.05 bits per heavy atom. The molecule has 0 amide bonds. The predicted octanol–water partition coefficient (Wildman–Crippen LogP) is 4.56. The molecule has 0 radical (unpaired) electrons. The van der Waals surface area contributed by atoms with Gasteiger partial charge in [0, 0.05) is 16.6 Å². The average molecular weight is 306 g/mol. The van der Waals surface area contributed by atoms with E-state index < -0.39 is 5.76 Å². The van der Waals surface area contributed by atoms with Gasteiger partial charge in [-0.1, -0.05) is 48.2 Å². The molecule has 1 aliphatic carbocycles. The molecule has 3 N–H and O–H groups in total. The summed E-state index contributed by atoms with van der Waals surface area (Å²) in [6.07, 6.45) is 0.771. The summed E-state index contributed by atoms with van der Waals surface area (Å²) < 4.78 is 25.3. The molecule has 0 fully saturated rings. The van der Waals surface area contributed by atoms with Gasteiger partial charge >= 0.3 is 0 Å². The molecule has 0 bridgehead atoms. The van der Waals surface area contributed by atoms with E-state index in [9.17, 15) is 8.78 Å². The van der Waals surface area contributed by atoms with Gasteiger partial charge in [0.15, 0.2) is 0 Å². The molecule has 0 saturated carbocycles. The number of para-hydroxylation sites is 1. The van der Waals surface area contributed by atoms with Gasteiger partial charge in [-0.05, 0) is 29.7 Å². The summed E-state index contributed by atoms with van der Waals surface area (Å²) in [5.74, 6) is -2.42. The van der Waals surface area contributed by atoms with Gasteiger partial charge in [0.05, 0.1) is 6.04 Å². The third kappa shape index (κ3) is 3.04. The van der Waals surface area contributed by atoms with Crippen LogP contribution in [0.15, 0.2) is 53.4 Å². The van der Waals surface area contributed by atoms with E-state index in [1.54, 1.807) is 12.1 Å². The number of fused-ring (bicyclic) bond motifs is 1. The molecule has 1 aliphatic rings. The van der Waals surface area contributed by atoms with Crippen LogP contribution in [-0.2, 0) is 0 Å². The Kier molecular flexibility index (Phi) is 4.12. The van der Waals surface area contributed by atoms with Gasteiger partial charge in [-0.15, -0.1) is 0 Å². The summed E-state index contributed by atoms with van der Waals surface area (Å²) >= 11 is 0.563. The summed E-state index contributed by atoms with van der Waals surface area (Å²) in [7, 11) is 0. The van der Waals surface area contributed by atoms with Gasteiger partial charge in [-0.3, -0.25) is 0 Å². The lowest BCUT2D eigenvalue weighted by Gasteiger charge is -2.18. The first-order valence-corrected chi connectivity index (χ1v) is 7.68. The molecule has 110 valence electrons. The lowest BCUT2D eigenvalue weighted by atomic mass is 10.1. The monoisotopic (exact) mass is 306 g/mol. The highest BCUT2D eigenvalue weighted by Gasteiger charge is 2.28. The molecule has 0 spiro atoms. The van der Waals surface area contributed by atoms with Gasteiger partial charge in [-0.2, -0.15) is 8.78 Å². The number of halogens is 2. The van der Waals surface area contributed by atoms with Gasteiger partial charge in [0.2, 0.25) is 0 Å². The van der Waals surface area contributed by atoms with Crippen LogP contribution in [0, 0.1) is 0 Å². The second-order valence-electron chi connectivity index (χ2n) is 5.04. The molecule has 0 heterocycles. The van der Waals surface area contributed by atoms with Crippen LogP contribution in [0.25, 0.3) is 0 Å². The number of nitrogens with one attached hydrogen (secondary N) is 1. The highest BCUT2D eigenvalue weighted by Crippen LogP contribution is 2.41. The molecule has 0 saturated heterocycles. The maximum Gasteiger partial charge on any atom is 0.288 e. The number of hydrogen-bond donors (Lipinski definition) is 2. The van der Waals surface area contributed by atoms with Crippen molar-refractivity contribution in [2.24, 2.45) is 5.73 Å². The zero-order valence-electron chi connectivity index (χ0n) is 11.3. The Morgan fingerprint density at radius 3 is 2.48 bits per heavy atom. The Bertz CT molecular complexity index is 633. The largest absolute Gasteiger partial charge is 0.377 e. The minimum atomic E-state index is -2.42. The maximum atomic E-state index is 12.6. The van der Waals surface area contributed by atoms with Crippen LogP contribution in [-0.4, -0.2) is 5.76 Å². The first kappa shape index (κ1) is 14.4. The first-order chi connectivity index (χ1) is 10.1. The Morgan fingerprint density at radius 2 is 1.71 bits per heavy atom. The Balaban J connectivity index is 1.85. The zero-order chi connectivity index (χ0) is 14.8. The summed E-state index contributed by atoms with van der Waals surface area (Å²) in [5, 5.41) is 3.37. The van der Waals surface area contributed by atoms with Gasteiger partial charge < -0.3 is 11.1 Å². The van der Waals surface area contributed by atoms with E-state index in [0.717, 1.165) is 23.2 Å². The van der Waals surface area contributed by atoms with Crippen molar-refractivity contribution < 1.29 is 8.78 Å². The van der Waals surface area contributed by atoms with Gasteiger partial charge in [0.1, 0.15) is 0 Å². The average Bonchev–Trinajstić information content (AvgIpc) is 2.78. The van der Waals surface area contributed by atoms with Crippen LogP contribution in [0.5, 0.6) is 0 Å². The zero-order valence-corrected chi connectivity index (χ0v) is 12.1. The summed E-state index contributed by atoms with van der Waals surface area (Å²) in [6.45, 7) is 0. The molecular weight excluding hydrogens is 290 g/mol.